The number of unbranched alkanes of at least 4 members (excludes halogenated alkanes) is 1. The van der Waals surface area contributed by atoms with Gasteiger partial charge in [0.15, 0.2) is 0 Å². The standard InChI is InChI=1S/C8H13NS/c1-3-4-5-8-9-6-7(2)10-8/h6H,3-5H2,1-2H3. The molecule has 2 heteroatoms. The van der Waals surface area contributed by atoms with Crippen molar-refractivity contribution < 1.29 is 0 Å². The van der Waals surface area contributed by atoms with Crippen LogP contribution in [0.15, 0.2) is 6.20 Å². The Morgan fingerprint density at radius 1 is 1.60 bits per heavy atom. The van der Waals surface area contributed by atoms with E-state index >= 15 is 0 Å². The molecule has 1 aromatic heterocycles. The van der Waals surface area contributed by atoms with Crippen molar-refractivity contribution >= 4 is 11.3 Å². The first-order valence-corrected chi connectivity index (χ1v) is 4.56. The van der Waals surface area contributed by atoms with Gasteiger partial charge in [-0.2, -0.15) is 0 Å². The van der Waals surface area contributed by atoms with Gasteiger partial charge in [-0.1, -0.05) is 13.3 Å². The fraction of sp³-hybridized carbons (Fsp3) is 0.625. The highest BCUT2D eigenvalue weighted by Crippen LogP contribution is 2.13. The van der Waals surface area contributed by atoms with E-state index in [1.165, 1.54) is 22.7 Å². The third-order valence-corrected chi connectivity index (χ3v) is 2.39. The van der Waals surface area contributed by atoms with Crippen molar-refractivity contribution in [3.63, 3.8) is 0 Å². The van der Waals surface area contributed by atoms with Crippen LogP contribution in [-0.2, 0) is 6.42 Å². The zero-order valence-corrected chi connectivity index (χ0v) is 7.37. The van der Waals surface area contributed by atoms with Crippen molar-refractivity contribution in [1.29, 1.82) is 0 Å². The molecule has 0 atom stereocenters. The second-order valence-electron chi connectivity index (χ2n) is 2.47. The minimum atomic E-state index is 1.16. The first kappa shape index (κ1) is 7.73. The highest BCUT2D eigenvalue weighted by molar-refractivity contribution is 7.11. The lowest BCUT2D eigenvalue weighted by atomic mass is 10.3. The molecule has 0 N–H and O–H groups in total. The number of hydrogen-bond donors (Lipinski definition) is 0. The number of nitrogens with zero attached hydrogens (tertiary/aromatic N) is 1. The van der Waals surface area contributed by atoms with Gasteiger partial charge in [-0.15, -0.1) is 11.3 Å². The van der Waals surface area contributed by atoms with Crippen LogP contribution in [-0.4, -0.2) is 4.98 Å². The zero-order chi connectivity index (χ0) is 7.40. The molecular formula is C8H13NS. The Balaban J connectivity index is 2.42. The average Bonchev–Trinajstić information content (AvgIpc) is 2.31. The largest absolute Gasteiger partial charge is 0.249 e. The van der Waals surface area contributed by atoms with E-state index in [9.17, 15) is 0 Å². The van der Waals surface area contributed by atoms with Gasteiger partial charge in [0.25, 0.3) is 0 Å². The summed E-state index contributed by atoms with van der Waals surface area (Å²) in [5, 5.41) is 1.29. The van der Waals surface area contributed by atoms with E-state index in [1.54, 1.807) is 0 Å². The highest BCUT2D eigenvalue weighted by Gasteiger charge is 1.95. The predicted octanol–water partition coefficient (Wildman–Crippen LogP) is 2.79. The monoisotopic (exact) mass is 155 g/mol. The normalized spacial score (nSPS) is 10.2. The van der Waals surface area contributed by atoms with Gasteiger partial charge in [0, 0.05) is 11.1 Å². The fourth-order valence-electron chi connectivity index (χ4n) is 0.845. The lowest BCUT2D eigenvalue weighted by molar-refractivity contribution is 0.790. The molecule has 0 aliphatic heterocycles. The molecule has 0 aliphatic rings. The lowest BCUT2D eigenvalue weighted by Gasteiger charge is -1.89. The summed E-state index contributed by atoms with van der Waals surface area (Å²) >= 11 is 1.82. The van der Waals surface area contributed by atoms with Gasteiger partial charge in [0.2, 0.25) is 0 Å². The van der Waals surface area contributed by atoms with Gasteiger partial charge < -0.3 is 0 Å². The second kappa shape index (κ2) is 3.71. The fourth-order valence-corrected chi connectivity index (χ4v) is 1.67. The quantitative estimate of drug-likeness (QED) is 0.654. The Hall–Kier alpha value is -0.370. The first-order valence-electron chi connectivity index (χ1n) is 3.74. The van der Waals surface area contributed by atoms with E-state index in [1.807, 2.05) is 17.5 Å². The molecule has 1 aromatic rings. The molecular weight excluding hydrogens is 142 g/mol. The molecule has 10 heavy (non-hydrogen) atoms. The van der Waals surface area contributed by atoms with Crippen LogP contribution in [0.2, 0.25) is 0 Å². The first-order chi connectivity index (χ1) is 4.83. The maximum atomic E-state index is 4.27. The summed E-state index contributed by atoms with van der Waals surface area (Å²) in [5.41, 5.74) is 0. The number of aromatic nitrogens is 1. The number of thiazole rings is 1. The van der Waals surface area contributed by atoms with Gasteiger partial charge >= 0.3 is 0 Å². The summed E-state index contributed by atoms with van der Waals surface area (Å²) in [6, 6.07) is 0. The van der Waals surface area contributed by atoms with E-state index in [0.717, 1.165) is 6.42 Å². The van der Waals surface area contributed by atoms with Crippen molar-refractivity contribution in [2.24, 2.45) is 0 Å². The molecule has 0 amide bonds. The summed E-state index contributed by atoms with van der Waals surface area (Å²) in [5.74, 6) is 0. The zero-order valence-electron chi connectivity index (χ0n) is 6.55. The van der Waals surface area contributed by atoms with Crippen molar-refractivity contribution in [2.45, 2.75) is 33.1 Å². The molecule has 0 saturated heterocycles. The van der Waals surface area contributed by atoms with Crippen LogP contribution < -0.4 is 0 Å². The number of rotatable bonds is 3. The Morgan fingerprint density at radius 3 is 2.90 bits per heavy atom. The van der Waals surface area contributed by atoms with Crippen LogP contribution in [0.5, 0.6) is 0 Å². The lowest BCUT2D eigenvalue weighted by Crippen LogP contribution is -1.80. The smallest absolute Gasteiger partial charge is 0.0927 e. The summed E-state index contributed by atoms with van der Waals surface area (Å²) in [4.78, 5) is 5.60. The summed E-state index contributed by atoms with van der Waals surface area (Å²) in [6.45, 7) is 4.31. The van der Waals surface area contributed by atoms with E-state index in [-0.39, 0.29) is 0 Å². The Labute approximate surface area is 66.1 Å². The molecule has 0 aliphatic carbocycles. The highest BCUT2D eigenvalue weighted by atomic mass is 32.1. The molecule has 0 spiro atoms. The minimum Gasteiger partial charge on any atom is -0.249 e. The van der Waals surface area contributed by atoms with Crippen molar-refractivity contribution in [1.82, 2.24) is 4.98 Å². The van der Waals surface area contributed by atoms with E-state index in [4.69, 9.17) is 0 Å². The van der Waals surface area contributed by atoms with Crippen LogP contribution in [0.3, 0.4) is 0 Å². The maximum absolute atomic E-state index is 4.27. The van der Waals surface area contributed by atoms with Crippen LogP contribution in [0, 0.1) is 6.92 Å². The molecule has 0 bridgehead atoms. The maximum Gasteiger partial charge on any atom is 0.0927 e. The average molecular weight is 155 g/mol. The minimum absolute atomic E-state index is 1.16. The van der Waals surface area contributed by atoms with Crippen LogP contribution in [0.4, 0.5) is 0 Å². The topological polar surface area (TPSA) is 12.9 Å². The predicted molar refractivity (Wildman–Crippen MR) is 45.5 cm³/mol. The Kier molecular flexibility index (Phi) is 2.87. The molecule has 0 fully saturated rings. The van der Waals surface area contributed by atoms with E-state index < -0.39 is 0 Å². The van der Waals surface area contributed by atoms with Gasteiger partial charge in [-0.3, -0.25) is 0 Å². The summed E-state index contributed by atoms with van der Waals surface area (Å²) < 4.78 is 0. The van der Waals surface area contributed by atoms with Gasteiger partial charge in [-0.05, 0) is 19.8 Å². The SMILES string of the molecule is CCCCc1ncc(C)s1. The molecule has 0 radical (unpaired) electrons. The van der Waals surface area contributed by atoms with Gasteiger partial charge in [-0.25, -0.2) is 4.98 Å². The Bertz CT molecular complexity index is 193. The summed E-state index contributed by atoms with van der Waals surface area (Å²) in [7, 11) is 0. The number of aryl methyl sites for hydroxylation is 2. The van der Waals surface area contributed by atoms with Gasteiger partial charge in [0.1, 0.15) is 0 Å². The third-order valence-electron chi connectivity index (χ3n) is 1.41. The van der Waals surface area contributed by atoms with Crippen molar-refractivity contribution in [2.75, 3.05) is 0 Å². The van der Waals surface area contributed by atoms with Crippen LogP contribution in [0.1, 0.15) is 29.7 Å². The molecule has 56 valence electrons. The van der Waals surface area contributed by atoms with E-state index in [2.05, 4.69) is 18.8 Å². The van der Waals surface area contributed by atoms with E-state index in [0.29, 0.717) is 0 Å². The van der Waals surface area contributed by atoms with Crippen molar-refractivity contribution in [3.05, 3.63) is 16.1 Å². The molecule has 1 nitrogen and oxygen atoms in total. The molecule has 0 aromatic carbocycles. The molecule has 1 rings (SSSR count). The summed E-state index contributed by atoms with van der Waals surface area (Å²) in [6.07, 6.45) is 5.65. The number of hydrogen-bond acceptors (Lipinski definition) is 2. The third kappa shape index (κ3) is 2.10. The molecule has 0 unspecified atom stereocenters. The van der Waals surface area contributed by atoms with Crippen LogP contribution >= 0.6 is 11.3 Å². The molecule has 1 heterocycles. The van der Waals surface area contributed by atoms with Gasteiger partial charge in [0.05, 0.1) is 5.01 Å². The van der Waals surface area contributed by atoms with Crippen molar-refractivity contribution in [3.8, 4) is 0 Å². The Morgan fingerprint density at radius 2 is 2.40 bits per heavy atom. The second-order valence-corrected chi connectivity index (χ2v) is 3.79. The van der Waals surface area contributed by atoms with Crippen LogP contribution in [0.25, 0.3) is 0 Å². The molecule has 0 saturated carbocycles.